The summed E-state index contributed by atoms with van der Waals surface area (Å²) in [6.45, 7) is 4.47. The molecule has 2 aromatic carbocycles. The Morgan fingerprint density at radius 2 is 1.94 bits per heavy atom. The predicted octanol–water partition coefficient (Wildman–Crippen LogP) is 8.02. The van der Waals surface area contributed by atoms with Crippen LogP contribution in [0.4, 0.5) is 10.8 Å². The van der Waals surface area contributed by atoms with E-state index in [9.17, 15) is 4.79 Å². The number of halogens is 3. The van der Waals surface area contributed by atoms with Gasteiger partial charge >= 0.3 is 5.97 Å². The number of nitrogens with zero attached hydrogens (tertiary/aromatic N) is 2. The second-order valence-corrected chi connectivity index (χ2v) is 11.0. The Labute approximate surface area is 236 Å². The molecule has 2 N–H and O–H groups in total. The monoisotopic (exact) mass is 622 g/mol. The summed E-state index contributed by atoms with van der Waals surface area (Å²) in [7, 11) is 0. The largest absolute Gasteiger partial charge is 0.462 e. The van der Waals surface area contributed by atoms with Crippen LogP contribution in [0.15, 0.2) is 59.2 Å². The molecular formula is C25H21BrCl2N4O2S2. The number of carbonyl (C=O) groups excluding carboxylic acids is 1. The summed E-state index contributed by atoms with van der Waals surface area (Å²) in [6, 6.07) is 15.1. The third-order valence-corrected chi connectivity index (χ3v) is 7.54. The molecule has 11 heteroatoms. The molecule has 6 nitrogen and oxygen atoms in total. The fraction of sp³-hybridized carbons (Fsp3) is 0.160. The van der Waals surface area contributed by atoms with Crippen molar-refractivity contribution in [3.63, 3.8) is 0 Å². The third-order valence-electron chi connectivity index (χ3n) is 5.15. The number of ether oxygens (including phenoxy) is 1. The number of aryl methyl sites for hydroxylation is 1. The Kier molecular flexibility index (Phi) is 8.69. The molecule has 4 rings (SSSR count). The van der Waals surface area contributed by atoms with Crippen LogP contribution in [0.2, 0.25) is 10.0 Å². The zero-order chi connectivity index (χ0) is 25.8. The maximum atomic E-state index is 12.9. The number of hydrogen-bond donors (Lipinski definition) is 2. The number of benzene rings is 2. The summed E-state index contributed by atoms with van der Waals surface area (Å²) in [5, 5.41) is 12.8. The lowest BCUT2D eigenvalue weighted by Gasteiger charge is -2.11. The van der Waals surface area contributed by atoms with Gasteiger partial charge in [0.05, 0.1) is 17.6 Å². The number of thiocarbonyl (C=S) groups is 1. The molecule has 0 saturated carbocycles. The van der Waals surface area contributed by atoms with Crippen LogP contribution in [0.5, 0.6) is 0 Å². The summed E-state index contributed by atoms with van der Waals surface area (Å²) in [6.07, 6.45) is 1.82. The Bertz CT molecular complexity index is 1420. The molecule has 2 aromatic heterocycles. The molecule has 186 valence electrons. The smallest absolute Gasteiger partial charge is 0.341 e. The fourth-order valence-corrected chi connectivity index (χ4v) is 5.83. The normalized spacial score (nSPS) is 10.8. The van der Waals surface area contributed by atoms with E-state index >= 15 is 0 Å². The van der Waals surface area contributed by atoms with E-state index < -0.39 is 5.97 Å². The van der Waals surface area contributed by atoms with Gasteiger partial charge in [0.15, 0.2) is 10.9 Å². The van der Waals surface area contributed by atoms with Crippen molar-refractivity contribution >= 4 is 84.6 Å². The molecule has 0 atom stereocenters. The second-order valence-electron chi connectivity index (χ2n) is 7.66. The van der Waals surface area contributed by atoms with Gasteiger partial charge in [-0.05, 0) is 65.3 Å². The van der Waals surface area contributed by atoms with Crippen LogP contribution in [0.25, 0.3) is 11.1 Å². The third kappa shape index (κ3) is 6.10. The van der Waals surface area contributed by atoms with Gasteiger partial charge in [-0.2, -0.15) is 5.10 Å². The number of nitrogens with one attached hydrogen (secondary N) is 2. The van der Waals surface area contributed by atoms with E-state index in [0.717, 1.165) is 26.0 Å². The van der Waals surface area contributed by atoms with Crippen LogP contribution in [0, 0.1) is 6.92 Å². The van der Waals surface area contributed by atoms with E-state index in [1.54, 1.807) is 23.7 Å². The van der Waals surface area contributed by atoms with Crippen LogP contribution in [0.1, 0.15) is 27.7 Å². The van der Waals surface area contributed by atoms with Crippen LogP contribution in [-0.2, 0) is 11.3 Å². The molecule has 0 radical (unpaired) electrons. The van der Waals surface area contributed by atoms with Crippen molar-refractivity contribution in [1.29, 1.82) is 0 Å². The molecule has 0 saturated heterocycles. The number of aromatic nitrogens is 2. The fourth-order valence-electron chi connectivity index (χ4n) is 3.61. The van der Waals surface area contributed by atoms with Gasteiger partial charge in [0.1, 0.15) is 10.6 Å². The Balaban J connectivity index is 1.55. The molecular weight excluding hydrogens is 603 g/mol. The minimum Gasteiger partial charge on any atom is -0.462 e. The zero-order valence-electron chi connectivity index (χ0n) is 19.3. The summed E-state index contributed by atoms with van der Waals surface area (Å²) < 4.78 is 7.81. The summed E-state index contributed by atoms with van der Waals surface area (Å²) in [5.41, 5.74) is 3.10. The van der Waals surface area contributed by atoms with Crippen LogP contribution in [0.3, 0.4) is 0 Å². The van der Waals surface area contributed by atoms with Crippen LogP contribution < -0.4 is 10.6 Å². The van der Waals surface area contributed by atoms with E-state index in [1.807, 2.05) is 49.5 Å². The van der Waals surface area contributed by atoms with Gasteiger partial charge in [0.2, 0.25) is 0 Å². The summed E-state index contributed by atoms with van der Waals surface area (Å²) in [5.74, 6) is 0.114. The van der Waals surface area contributed by atoms with Gasteiger partial charge in [0, 0.05) is 26.7 Å². The molecule has 0 amide bonds. The standard InChI is InChI=1S/C25H21BrCl2N4O2S2/c1-3-34-24(33)21-20(15-7-5-4-6-8-15)14(2)36-23(21)30-25(35)29-22-18(26)13-32(31-22)12-16-9-10-17(27)11-19(16)28/h4-11,13H,3,12H2,1-2H3,(H2,29,30,31,35). The Morgan fingerprint density at radius 3 is 2.64 bits per heavy atom. The number of carbonyl (C=O) groups is 1. The van der Waals surface area contributed by atoms with E-state index in [-0.39, 0.29) is 11.7 Å². The number of esters is 1. The lowest BCUT2D eigenvalue weighted by molar-refractivity contribution is 0.0529. The van der Waals surface area contributed by atoms with Gasteiger partial charge in [-0.25, -0.2) is 4.79 Å². The molecule has 36 heavy (non-hydrogen) atoms. The molecule has 0 aliphatic rings. The van der Waals surface area contributed by atoms with Crippen molar-refractivity contribution in [3.8, 4) is 11.1 Å². The first kappa shape index (κ1) is 26.6. The van der Waals surface area contributed by atoms with Gasteiger partial charge in [-0.15, -0.1) is 11.3 Å². The predicted molar refractivity (Wildman–Crippen MR) is 156 cm³/mol. The SMILES string of the molecule is CCOC(=O)c1c(NC(=S)Nc2nn(Cc3ccc(Cl)cc3Cl)cc2Br)sc(C)c1-c1ccccc1. The first-order valence-corrected chi connectivity index (χ1v) is 13.6. The van der Waals surface area contributed by atoms with E-state index in [2.05, 4.69) is 31.7 Å². The lowest BCUT2D eigenvalue weighted by atomic mass is 10.0. The first-order chi connectivity index (χ1) is 17.3. The maximum Gasteiger partial charge on any atom is 0.341 e. The molecule has 0 bridgehead atoms. The minimum absolute atomic E-state index is 0.270. The van der Waals surface area contributed by atoms with Gasteiger partial charge in [-0.3, -0.25) is 4.68 Å². The molecule has 0 unspecified atom stereocenters. The lowest BCUT2D eigenvalue weighted by Crippen LogP contribution is -2.21. The van der Waals surface area contributed by atoms with E-state index in [4.69, 9.17) is 40.2 Å². The average Bonchev–Trinajstić information content (AvgIpc) is 3.34. The maximum absolute atomic E-state index is 12.9. The average molecular weight is 624 g/mol. The molecule has 0 spiro atoms. The summed E-state index contributed by atoms with van der Waals surface area (Å²) >= 11 is 22.8. The Morgan fingerprint density at radius 1 is 1.19 bits per heavy atom. The van der Waals surface area contributed by atoms with E-state index in [0.29, 0.717) is 33.0 Å². The second kappa shape index (κ2) is 11.7. The first-order valence-electron chi connectivity index (χ1n) is 10.9. The molecule has 0 aliphatic heterocycles. The topological polar surface area (TPSA) is 68.2 Å². The molecule has 0 aliphatic carbocycles. The molecule has 2 heterocycles. The highest BCUT2D eigenvalue weighted by atomic mass is 79.9. The highest BCUT2D eigenvalue weighted by Gasteiger charge is 2.25. The van der Waals surface area contributed by atoms with Crippen molar-refractivity contribution in [3.05, 3.63) is 85.2 Å². The van der Waals surface area contributed by atoms with Gasteiger partial charge < -0.3 is 15.4 Å². The quantitative estimate of drug-likeness (QED) is 0.160. The Hall–Kier alpha value is -2.43. The molecule has 0 fully saturated rings. The van der Waals surface area contributed by atoms with Crippen molar-refractivity contribution in [2.75, 3.05) is 17.2 Å². The minimum atomic E-state index is -0.406. The van der Waals surface area contributed by atoms with Crippen molar-refractivity contribution < 1.29 is 9.53 Å². The highest BCUT2D eigenvalue weighted by Crippen LogP contribution is 2.40. The number of hydrogen-bond acceptors (Lipinski definition) is 5. The summed E-state index contributed by atoms with van der Waals surface area (Å²) in [4.78, 5) is 13.9. The van der Waals surface area contributed by atoms with Gasteiger partial charge in [0.25, 0.3) is 0 Å². The van der Waals surface area contributed by atoms with Crippen LogP contribution in [-0.4, -0.2) is 27.5 Å². The zero-order valence-corrected chi connectivity index (χ0v) is 24.0. The molecule has 4 aromatic rings. The van der Waals surface area contributed by atoms with Crippen molar-refractivity contribution in [2.45, 2.75) is 20.4 Å². The van der Waals surface area contributed by atoms with Crippen molar-refractivity contribution in [2.24, 2.45) is 0 Å². The number of rotatable bonds is 7. The number of thiophene rings is 1. The van der Waals surface area contributed by atoms with E-state index in [1.165, 1.54) is 11.3 Å². The van der Waals surface area contributed by atoms with Crippen molar-refractivity contribution in [1.82, 2.24) is 9.78 Å². The van der Waals surface area contributed by atoms with Gasteiger partial charge in [-0.1, -0.05) is 59.6 Å². The van der Waals surface area contributed by atoms with Crippen LogP contribution >= 0.6 is 62.7 Å². The number of anilines is 2. The highest BCUT2D eigenvalue weighted by molar-refractivity contribution is 9.10.